The van der Waals surface area contributed by atoms with Crippen LogP contribution in [0, 0.1) is 0 Å². The van der Waals surface area contributed by atoms with Gasteiger partial charge in [-0.15, -0.1) is 0 Å². The summed E-state index contributed by atoms with van der Waals surface area (Å²) in [6.07, 6.45) is -6.56. The van der Waals surface area contributed by atoms with E-state index in [2.05, 4.69) is 15.9 Å². The lowest BCUT2D eigenvalue weighted by atomic mass is 10.1. The SMILES string of the molecule is CCOC(=O)[C@@H](OC(CBr)(Oc1ccccc1)C(F)(F)F)c1ccccc1. The smallest absolute Gasteiger partial charge is 0.456 e. The largest absolute Gasteiger partial charge is 0.464 e. The van der Waals surface area contributed by atoms with E-state index in [9.17, 15) is 18.0 Å². The Bertz CT molecular complexity index is 725. The minimum Gasteiger partial charge on any atom is -0.464 e. The van der Waals surface area contributed by atoms with Crippen LogP contribution in [0.1, 0.15) is 18.6 Å². The van der Waals surface area contributed by atoms with Crippen LogP contribution in [0.4, 0.5) is 13.2 Å². The molecule has 0 amide bonds. The van der Waals surface area contributed by atoms with Gasteiger partial charge in [0.25, 0.3) is 0 Å². The molecule has 146 valence electrons. The first kappa shape index (κ1) is 21.2. The van der Waals surface area contributed by atoms with Crippen LogP contribution in [0.2, 0.25) is 0 Å². The summed E-state index contributed by atoms with van der Waals surface area (Å²) in [7, 11) is 0. The normalized spacial score (nSPS) is 14.9. The standard InChI is InChI=1S/C19H18BrF3O4/c1-2-25-17(24)16(14-9-5-3-6-10-14)27-18(13-20,19(21,22)23)26-15-11-7-4-8-12-15/h3-12,16H,2,13H2,1H3/t16-,18?/m0/s1. The summed E-state index contributed by atoms with van der Waals surface area (Å²) in [5.41, 5.74) is 0.224. The van der Waals surface area contributed by atoms with Gasteiger partial charge in [0.2, 0.25) is 0 Å². The molecule has 4 nitrogen and oxygen atoms in total. The van der Waals surface area contributed by atoms with E-state index in [0.29, 0.717) is 0 Å². The van der Waals surface area contributed by atoms with Crippen LogP contribution in [0.3, 0.4) is 0 Å². The number of hydrogen-bond acceptors (Lipinski definition) is 4. The molecule has 2 aromatic rings. The van der Waals surface area contributed by atoms with Gasteiger partial charge in [-0.3, -0.25) is 0 Å². The molecule has 0 aliphatic carbocycles. The number of benzene rings is 2. The first-order valence-corrected chi connectivity index (χ1v) is 9.21. The number of hydrogen-bond donors (Lipinski definition) is 0. The summed E-state index contributed by atoms with van der Waals surface area (Å²) in [5, 5.41) is -0.749. The average molecular weight is 447 g/mol. The van der Waals surface area contributed by atoms with Gasteiger partial charge in [0.15, 0.2) is 6.10 Å². The van der Waals surface area contributed by atoms with Crippen molar-refractivity contribution in [1.29, 1.82) is 0 Å². The third kappa shape index (κ3) is 5.23. The Kier molecular flexibility index (Phi) is 7.26. The highest BCUT2D eigenvalue weighted by atomic mass is 79.9. The molecule has 0 saturated heterocycles. The fourth-order valence-electron chi connectivity index (χ4n) is 2.25. The summed E-state index contributed by atoms with van der Waals surface area (Å²) in [4.78, 5) is 12.3. The van der Waals surface area contributed by atoms with E-state index in [-0.39, 0.29) is 17.9 Å². The second kappa shape index (κ2) is 9.23. The van der Waals surface area contributed by atoms with Crippen LogP contribution in [0.5, 0.6) is 5.75 Å². The van der Waals surface area contributed by atoms with Crippen molar-refractivity contribution < 1.29 is 32.2 Å². The number of alkyl halides is 4. The van der Waals surface area contributed by atoms with Crippen molar-refractivity contribution in [2.24, 2.45) is 0 Å². The molecule has 0 radical (unpaired) electrons. The summed E-state index contributed by atoms with van der Waals surface area (Å²) in [6.45, 7) is 1.56. The number of halogens is 4. The van der Waals surface area contributed by atoms with Gasteiger partial charge in [-0.25, -0.2) is 4.79 Å². The summed E-state index contributed by atoms with van der Waals surface area (Å²) in [5.74, 6) is -4.08. The summed E-state index contributed by atoms with van der Waals surface area (Å²) in [6, 6.07) is 15.3. The van der Waals surface area contributed by atoms with Gasteiger partial charge in [0.1, 0.15) is 5.75 Å². The number of carbonyl (C=O) groups is 1. The van der Waals surface area contributed by atoms with Crippen molar-refractivity contribution in [2.75, 3.05) is 11.9 Å². The molecule has 0 bridgehead atoms. The minimum absolute atomic E-state index is 0.00159. The Morgan fingerprint density at radius 2 is 1.59 bits per heavy atom. The first-order valence-electron chi connectivity index (χ1n) is 8.09. The molecule has 0 aromatic heterocycles. The monoisotopic (exact) mass is 446 g/mol. The van der Waals surface area contributed by atoms with E-state index < -0.39 is 29.4 Å². The van der Waals surface area contributed by atoms with Crippen LogP contribution in [-0.2, 0) is 14.3 Å². The van der Waals surface area contributed by atoms with Gasteiger partial charge in [-0.1, -0.05) is 64.5 Å². The second-order valence-electron chi connectivity index (χ2n) is 5.46. The zero-order valence-electron chi connectivity index (χ0n) is 14.4. The van der Waals surface area contributed by atoms with Crippen molar-refractivity contribution in [1.82, 2.24) is 0 Å². The average Bonchev–Trinajstić information content (AvgIpc) is 2.65. The van der Waals surface area contributed by atoms with Gasteiger partial charge in [0, 0.05) is 0 Å². The predicted octanol–water partition coefficient (Wildman–Crippen LogP) is 5.04. The highest BCUT2D eigenvalue weighted by molar-refractivity contribution is 9.09. The molecule has 0 saturated carbocycles. The number of esters is 1. The molecule has 0 fully saturated rings. The molecule has 1 unspecified atom stereocenters. The third-order valence-corrected chi connectivity index (χ3v) is 4.28. The maximum Gasteiger partial charge on any atom is 0.456 e. The highest BCUT2D eigenvalue weighted by Gasteiger charge is 2.60. The van der Waals surface area contributed by atoms with E-state index >= 15 is 0 Å². The molecule has 27 heavy (non-hydrogen) atoms. The number of carbonyl (C=O) groups excluding carboxylic acids is 1. The third-order valence-electron chi connectivity index (χ3n) is 3.54. The van der Waals surface area contributed by atoms with Gasteiger partial charge in [-0.2, -0.15) is 13.2 Å². The molecular weight excluding hydrogens is 429 g/mol. The number of ether oxygens (including phenoxy) is 3. The van der Waals surface area contributed by atoms with Crippen LogP contribution < -0.4 is 4.74 Å². The molecule has 2 aromatic carbocycles. The van der Waals surface area contributed by atoms with Crippen molar-refractivity contribution in [3.05, 3.63) is 66.2 Å². The highest BCUT2D eigenvalue weighted by Crippen LogP contribution is 2.41. The van der Waals surface area contributed by atoms with Gasteiger partial charge in [0.05, 0.1) is 11.9 Å². The second-order valence-corrected chi connectivity index (χ2v) is 6.02. The van der Waals surface area contributed by atoms with E-state index in [0.717, 1.165) is 0 Å². The Labute approximate surface area is 163 Å². The minimum atomic E-state index is -4.94. The summed E-state index contributed by atoms with van der Waals surface area (Å²) >= 11 is 2.83. The zero-order chi connectivity index (χ0) is 19.9. The maximum atomic E-state index is 14.0. The lowest BCUT2D eigenvalue weighted by Crippen LogP contribution is -2.55. The Morgan fingerprint density at radius 1 is 1.04 bits per heavy atom. The molecule has 0 heterocycles. The van der Waals surface area contributed by atoms with Crippen molar-refractivity contribution in [3.8, 4) is 5.75 Å². The Balaban J connectivity index is 2.44. The van der Waals surface area contributed by atoms with Gasteiger partial charge >= 0.3 is 17.9 Å². The van der Waals surface area contributed by atoms with E-state index in [1.165, 1.54) is 36.4 Å². The van der Waals surface area contributed by atoms with Crippen molar-refractivity contribution in [3.63, 3.8) is 0 Å². The zero-order valence-corrected chi connectivity index (χ0v) is 16.0. The Morgan fingerprint density at radius 3 is 2.07 bits per heavy atom. The molecule has 2 atom stereocenters. The first-order chi connectivity index (χ1) is 12.8. The molecule has 0 aliphatic rings. The van der Waals surface area contributed by atoms with E-state index in [1.54, 1.807) is 31.2 Å². The fraction of sp³-hybridized carbons (Fsp3) is 0.316. The van der Waals surface area contributed by atoms with Gasteiger partial charge in [-0.05, 0) is 24.6 Å². The maximum absolute atomic E-state index is 14.0. The number of rotatable bonds is 8. The lowest BCUT2D eigenvalue weighted by molar-refractivity contribution is -0.352. The molecule has 8 heteroatoms. The summed E-state index contributed by atoms with van der Waals surface area (Å²) < 4.78 is 57.3. The van der Waals surface area contributed by atoms with Crippen LogP contribution >= 0.6 is 15.9 Å². The van der Waals surface area contributed by atoms with Crippen LogP contribution in [0.25, 0.3) is 0 Å². The predicted molar refractivity (Wildman–Crippen MR) is 96.6 cm³/mol. The van der Waals surface area contributed by atoms with E-state index in [1.807, 2.05) is 0 Å². The van der Waals surface area contributed by atoms with E-state index in [4.69, 9.17) is 14.2 Å². The molecule has 0 N–H and O–H groups in total. The Hall–Kier alpha value is -2.06. The quantitative estimate of drug-likeness (QED) is 0.323. The van der Waals surface area contributed by atoms with Crippen LogP contribution in [0.15, 0.2) is 60.7 Å². The van der Waals surface area contributed by atoms with Crippen LogP contribution in [-0.4, -0.2) is 29.9 Å². The van der Waals surface area contributed by atoms with Crippen molar-refractivity contribution in [2.45, 2.75) is 25.0 Å². The topological polar surface area (TPSA) is 44.8 Å². The number of para-hydroxylation sites is 1. The molecule has 2 rings (SSSR count). The molecule has 0 aliphatic heterocycles. The van der Waals surface area contributed by atoms with Gasteiger partial charge < -0.3 is 14.2 Å². The lowest BCUT2D eigenvalue weighted by Gasteiger charge is -2.36. The molecule has 0 spiro atoms. The fourth-order valence-corrected chi connectivity index (χ4v) is 2.82. The van der Waals surface area contributed by atoms with Crippen molar-refractivity contribution >= 4 is 21.9 Å². The molecular formula is C19H18BrF3O4.